The zero-order valence-corrected chi connectivity index (χ0v) is 11.1. The van der Waals surface area contributed by atoms with Gasteiger partial charge in [0.15, 0.2) is 5.15 Å². The maximum absolute atomic E-state index is 6.05. The molecule has 5 heteroatoms. The normalized spacial score (nSPS) is 24.6. The summed E-state index contributed by atoms with van der Waals surface area (Å²) >= 11 is 6.05. The van der Waals surface area contributed by atoms with E-state index in [-0.39, 0.29) is 0 Å². The Morgan fingerprint density at radius 3 is 3.06 bits per heavy atom. The van der Waals surface area contributed by atoms with Crippen LogP contribution in [0.15, 0.2) is 18.6 Å². The second-order valence-electron chi connectivity index (χ2n) is 4.73. The highest BCUT2D eigenvalue weighted by atomic mass is 35.5. The molecular formula is C13H16ClN3O. The Bertz CT molecular complexity index is 546. The van der Waals surface area contributed by atoms with E-state index in [1.807, 2.05) is 10.6 Å². The van der Waals surface area contributed by atoms with Crippen molar-refractivity contribution in [3.05, 3.63) is 29.6 Å². The van der Waals surface area contributed by atoms with Crippen LogP contribution in [-0.2, 0) is 4.74 Å². The molecule has 0 spiro atoms. The Balaban J connectivity index is 1.89. The molecule has 2 unspecified atom stereocenters. The lowest BCUT2D eigenvalue weighted by atomic mass is 9.97. The molecule has 4 nitrogen and oxygen atoms in total. The fourth-order valence-electron chi connectivity index (χ4n) is 2.55. The summed E-state index contributed by atoms with van der Waals surface area (Å²) in [6, 6.07) is 0. The summed E-state index contributed by atoms with van der Waals surface area (Å²) in [5, 5.41) is 0.499. The zero-order valence-electron chi connectivity index (χ0n) is 10.3. The van der Waals surface area contributed by atoms with Crippen LogP contribution in [0.3, 0.4) is 0 Å². The minimum atomic E-state index is 0.355. The molecule has 0 saturated carbocycles. The summed E-state index contributed by atoms with van der Waals surface area (Å²) in [6.45, 7) is 2.92. The average Bonchev–Trinajstić information content (AvgIpc) is 2.84. The molecule has 0 aliphatic carbocycles. The highest BCUT2D eigenvalue weighted by Gasteiger charge is 2.25. The van der Waals surface area contributed by atoms with Crippen LogP contribution in [0.5, 0.6) is 0 Å². The minimum Gasteiger partial charge on any atom is -0.377 e. The van der Waals surface area contributed by atoms with Gasteiger partial charge in [0.2, 0.25) is 0 Å². The highest BCUT2D eigenvalue weighted by Crippen LogP contribution is 2.29. The summed E-state index contributed by atoms with van der Waals surface area (Å²) in [5.74, 6) is 1.39. The van der Waals surface area contributed by atoms with Gasteiger partial charge < -0.3 is 4.74 Å². The maximum Gasteiger partial charge on any atom is 0.154 e. The molecule has 0 radical (unpaired) electrons. The summed E-state index contributed by atoms with van der Waals surface area (Å²) < 4.78 is 7.86. The number of halogens is 1. The first-order chi connectivity index (χ1) is 8.79. The molecule has 2 aromatic heterocycles. The van der Waals surface area contributed by atoms with Gasteiger partial charge in [-0.05, 0) is 19.3 Å². The molecule has 0 bridgehead atoms. The summed E-state index contributed by atoms with van der Waals surface area (Å²) in [5.41, 5.74) is 0.867. The van der Waals surface area contributed by atoms with Crippen molar-refractivity contribution in [1.29, 1.82) is 0 Å². The third-order valence-corrected chi connectivity index (χ3v) is 3.92. The Morgan fingerprint density at radius 1 is 1.44 bits per heavy atom. The third-order valence-electron chi connectivity index (χ3n) is 3.63. The van der Waals surface area contributed by atoms with Crippen LogP contribution in [0.25, 0.3) is 5.52 Å². The fourth-order valence-corrected chi connectivity index (χ4v) is 2.75. The fraction of sp³-hybridized carbons (Fsp3) is 0.538. The predicted octanol–water partition coefficient (Wildman–Crippen LogP) is 3.06. The number of hydrogen-bond donors (Lipinski definition) is 0. The first kappa shape index (κ1) is 11.9. The Hall–Kier alpha value is -1.13. The van der Waals surface area contributed by atoms with Crippen molar-refractivity contribution in [2.75, 3.05) is 6.61 Å². The van der Waals surface area contributed by atoms with Crippen molar-refractivity contribution in [2.45, 2.75) is 38.2 Å². The van der Waals surface area contributed by atoms with E-state index in [1.54, 1.807) is 12.4 Å². The molecule has 2 atom stereocenters. The first-order valence-electron chi connectivity index (χ1n) is 6.38. The predicted molar refractivity (Wildman–Crippen MR) is 70.0 cm³/mol. The smallest absolute Gasteiger partial charge is 0.154 e. The number of hydrogen-bond acceptors (Lipinski definition) is 3. The largest absolute Gasteiger partial charge is 0.377 e. The molecule has 1 saturated heterocycles. The number of fused-ring (bicyclic) bond motifs is 1. The number of ether oxygens (including phenoxy) is 1. The van der Waals surface area contributed by atoms with E-state index in [0.717, 1.165) is 37.2 Å². The Kier molecular flexibility index (Phi) is 3.22. The quantitative estimate of drug-likeness (QED) is 0.838. The van der Waals surface area contributed by atoms with Crippen molar-refractivity contribution in [1.82, 2.24) is 14.4 Å². The van der Waals surface area contributed by atoms with Gasteiger partial charge in [-0.15, -0.1) is 0 Å². The summed E-state index contributed by atoms with van der Waals surface area (Å²) in [6.07, 6.45) is 9.14. The van der Waals surface area contributed by atoms with Crippen LogP contribution < -0.4 is 0 Å². The average molecular weight is 266 g/mol. The van der Waals surface area contributed by atoms with Crippen LogP contribution in [0, 0.1) is 0 Å². The molecule has 0 N–H and O–H groups in total. The van der Waals surface area contributed by atoms with Crippen molar-refractivity contribution in [2.24, 2.45) is 0 Å². The molecule has 0 aromatic carbocycles. The van der Waals surface area contributed by atoms with E-state index in [1.165, 1.54) is 0 Å². The van der Waals surface area contributed by atoms with Crippen molar-refractivity contribution in [3.8, 4) is 0 Å². The first-order valence-corrected chi connectivity index (χ1v) is 6.76. The van der Waals surface area contributed by atoms with Gasteiger partial charge in [0.25, 0.3) is 0 Å². The standard InChI is InChI=1S/C13H16ClN3O/c1-2-10-4-3-9(8-18-10)13-16-7-11-12(14)15-5-6-17(11)13/h5-7,9-10H,2-4,8H2,1H3. The lowest BCUT2D eigenvalue weighted by molar-refractivity contribution is 0.000340. The minimum absolute atomic E-state index is 0.355. The lowest BCUT2D eigenvalue weighted by Crippen LogP contribution is -2.25. The van der Waals surface area contributed by atoms with E-state index >= 15 is 0 Å². The monoisotopic (exact) mass is 265 g/mol. The van der Waals surface area contributed by atoms with Crippen LogP contribution in [0.2, 0.25) is 5.15 Å². The van der Waals surface area contributed by atoms with Gasteiger partial charge in [-0.1, -0.05) is 18.5 Å². The zero-order chi connectivity index (χ0) is 12.5. The molecular weight excluding hydrogens is 250 g/mol. The van der Waals surface area contributed by atoms with Crippen molar-refractivity contribution >= 4 is 17.1 Å². The number of imidazole rings is 1. The Labute approximate surface area is 111 Å². The van der Waals surface area contributed by atoms with Crippen LogP contribution in [-0.4, -0.2) is 27.1 Å². The maximum atomic E-state index is 6.05. The molecule has 2 aromatic rings. The van der Waals surface area contributed by atoms with Crippen molar-refractivity contribution in [3.63, 3.8) is 0 Å². The second kappa shape index (κ2) is 4.86. The van der Waals surface area contributed by atoms with Crippen molar-refractivity contribution < 1.29 is 4.74 Å². The SMILES string of the molecule is CCC1CCC(c2ncc3c(Cl)nccn23)CO1. The van der Waals surface area contributed by atoms with Gasteiger partial charge >= 0.3 is 0 Å². The number of aromatic nitrogens is 3. The second-order valence-corrected chi connectivity index (χ2v) is 5.09. The van der Waals surface area contributed by atoms with E-state index in [4.69, 9.17) is 16.3 Å². The van der Waals surface area contributed by atoms with Gasteiger partial charge in [0.1, 0.15) is 11.3 Å². The molecule has 0 amide bonds. The molecule has 1 aliphatic heterocycles. The molecule has 3 heterocycles. The molecule has 96 valence electrons. The van der Waals surface area contributed by atoms with Crippen LogP contribution in [0.1, 0.15) is 37.9 Å². The van der Waals surface area contributed by atoms with E-state index in [9.17, 15) is 0 Å². The third kappa shape index (κ3) is 1.99. The molecule has 3 rings (SSSR count). The molecule has 1 aliphatic rings. The van der Waals surface area contributed by atoms with E-state index in [2.05, 4.69) is 16.9 Å². The van der Waals surface area contributed by atoms with Gasteiger partial charge in [0, 0.05) is 18.3 Å². The number of nitrogens with zero attached hydrogens (tertiary/aromatic N) is 3. The van der Waals surface area contributed by atoms with Gasteiger partial charge in [0.05, 0.1) is 18.9 Å². The van der Waals surface area contributed by atoms with Gasteiger partial charge in [-0.25, -0.2) is 9.97 Å². The van der Waals surface area contributed by atoms with E-state index in [0.29, 0.717) is 17.2 Å². The van der Waals surface area contributed by atoms with Gasteiger partial charge in [-0.2, -0.15) is 0 Å². The van der Waals surface area contributed by atoms with E-state index < -0.39 is 0 Å². The number of rotatable bonds is 2. The molecule has 1 fully saturated rings. The summed E-state index contributed by atoms with van der Waals surface area (Å²) in [4.78, 5) is 8.55. The highest BCUT2D eigenvalue weighted by molar-refractivity contribution is 6.32. The van der Waals surface area contributed by atoms with Crippen LogP contribution in [0.4, 0.5) is 0 Å². The Morgan fingerprint density at radius 2 is 2.33 bits per heavy atom. The topological polar surface area (TPSA) is 39.4 Å². The van der Waals surface area contributed by atoms with Gasteiger partial charge in [-0.3, -0.25) is 4.40 Å². The summed E-state index contributed by atoms with van der Waals surface area (Å²) in [7, 11) is 0. The van der Waals surface area contributed by atoms with Crippen LogP contribution >= 0.6 is 11.6 Å². The molecule has 18 heavy (non-hydrogen) atoms. The lowest BCUT2D eigenvalue weighted by Gasteiger charge is -2.27.